The molecule has 1 atom stereocenters. The predicted molar refractivity (Wildman–Crippen MR) is 84.2 cm³/mol. The normalized spacial score (nSPS) is 13.0. The molecule has 3 nitrogen and oxygen atoms in total. The fraction of sp³-hybridized carbons (Fsp3) is 0.312. The molecule has 1 N–H and O–H groups in total. The molecule has 110 valence electrons. The molecule has 21 heavy (non-hydrogen) atoms. The van der Waals surface area contributed by atoms with Crippen LogP contribution in [0, 0.1) is 19.7 Å². The molecule has 1 aromatic carbocycles. The van der Waals surface area contributed by atoms with Gasteiger partial charge in [0.15, 0.2) is 4.96 Å². The SMILES string of the molecule is Cc1cn2c(CN[C@H](C)c3ccc(F)cc3)c(C)nc2s1. The van der Waals surface area contributed by atoms with Crippen LogP contribution < -0.4 is 5.32 Å². The van der Waals surface area contributed by atoms with Crippen molar-refractivity contribution in [1.29, 1.82) is 0 Å². The first-order valence-corrected chi connectivity index (χ1v) is 7.79. The highest BCUT2D eigenvalue weighted by atomic mass is 32.1. The minimum Gasteiger partial charge on any atom is -0.305 e. The summed E-state index contributed by atoms with van der Waals surface area (Å²) in [7, 11) is 0. The molecule has 5 heteroatoms. The molecule has 2 aromatic heterocycles. The average Bonchev–Trinajstić information content (AvgIpc) is 2.92. The molecule has 3 aromatic rings. The summed E-state index contributed by atoms with van der Waals surface area (Å²) >= 11 is 1.70. The van der Waals surface area contributed by atoms with E-state index in [9.17, 15) is 4.39 Å². The van der Waals surface area contributed by atoms with Gasteiger partial charge in [-0.3, -0.25) is 4.40 Å². The number of benzene rings is 1. The van der Waals surface area contributed by atoms with Gasteiger partial charge in [0.25, 0.3) is 0 Å². The fourth-order valence-corrected chi connectivity index (χ4v) is 3.33. The van der Waals surface area contributed by atoms with Crippen molar-refractivity contribution < 1.29 is 4.39 Å². The lowest BCUT2D eigenvalue weighted by Crippen LogP contribution is -2.19. The second-order valence-electron chi connectivity index (χ2n) is 5.29. The monoisotopic (exact) mass is 303 g/mol. The Morgan fingerprint density at radius 3 is 2.71 bits per heavy atom. The van der Waals surface area contributed by atoms with E-state index < -0.39 is 0 Å². The van der Waals surface area contributed by atoms with Crippen molar-refractivity contribution in [2.75, 3.05) is 0 Å². The zero-order valence-electron chi connectivity index (χ0n) is 12.4. The van der Waals surface area contributed by atoms with E-state index in [0.717, 1.165) is 22.8 Å². The summed E-state index contributed by atoms with van der Waals surface area (Å²) in [5.41, 5.74) is 3.32. The Kier molecular flexibility index (Phi) is 3.78. The topological polar surface area (TPSA) is 29.3 Å². The minimum atomic E-state index is -0.201. The molecule has 0 aliphatic carbocycles. The molecule has 0 fully saturated rings. The maximum atomic E-state index is 13.0. The first kappa shape index (κ1) is 14.2. The second kappa shape index (κ2) is 5.58. The number of fused-ring (bicyclic) bond motifs is 1. The number of rotatable bonds is 4. The van der Waals surface area contributed by atoms with Crippen molar-refractivity contribution in [3.8, 4) is 0 Å². The molecule has 0 radical (unpaired) electrons. The zero-order chi connectivity index (χ0) is 15.0. The highest BCUT2D eigenvalue weighted by Crippen LogP contribution is 2.21. The van der Waals surface area contributed by atoms with E-state index in [4.69, 9.17) is 0 Å². The molecule has 0 unspecified atom stereocenters. The summed E-state index contributed by atoms with van der Waals surface area (Å²) in [6.45, 7) is 6.95. The molecule has 2 heterocycles. The Bertz CT molecular complexity index is 758. The van der Waals surface area contributed by atoms with Gasteiger partial charge < -0.3 is 5.32 Å². The number of aromatic nitrogens is 2. The van der Waals surface area contributed by atoms with Crippen molar-refractivity contribution in [3.63, 3.8) is 0 Å². The molecule has 3 rings (SSSR count). The summed E-state index contributed by atoms with van der Waals surface area (Å²) in [5, 5.41) is 3.48. The van der Waals surface area contributed by atoms with Crippen LogP contribution >= 0.6 is 11.3 Å². The molecule has 0 aliphatic heterocycles. The second-order valence-corrected chi connectivity index (χ2v) is 6.51. The molecule has 0 aliphatic rings. The Hall–Kier alpha value is -1.72. The minimum absolute atomic E-state index is 0.162. The van der Waals surface area contributed by atoms with Gasteiger partial charge in [0.1, 0.15) is 5.82 Å². The van der Waals surface area contributed by atoms with E-state index >= 15 is 0 Å². The smallest absolute Gasteiger partial charge is 0.194 e. The number of aryl methyl sites for hydroxylation is 2. The summed E-state index contributed by atoms with van der Waals surface area (Å²) < 4.78 is 15.1. The van der Waals surface area contributed by atoms with E-state index in [0.29, 0.717) is 0 Å². The highest BCUT2D eigenvalue weighted by molar-refractivity contribution is 7.17. The van der Waals surface area contributed by atoms with Crippen LogP contribution in [0.1, 0.15) is 34.8 Å². The number of nitrogens with one attached hydrogen (secondary N) is 1. The van der Waals surface area contributed by atoms with Gasteiger partial charge in [-0.25, -0.2) is 9.37 Å². The van der Waals surface area contributed by atoms with E-state index in [-0.39, 0.29) is 11.9 Å². The summed E-state index contributed by atoms with van der Waals surface area (Å²) in [4.78, 5) is 6.88. The van der Waals surface area contributed by atoms with Gasteiger partial charge in [-0.1, -0.05) is 12.1 Å². The fourth-order valence-electron chi connectivity index (χ4n) is 2.44. The molecule has 0 saturated carbocycles. The van der Waals surface area contributed by atoms with Crippen molar-refractivity contribution in [2.45, 2.75) is 33.4 Å². The lowest BCUT2D eigenvalue weighted by atomic mass is 10.1. The van der Waals surface area contributed by atoms with E-state index in [1.54, 1.807) is 11.3 Å². The first-order valence-electron chi connectivity index (χ1n) is 6.97. The van der Waals surface area contributed by atoms with Crippen molar-refractivity contribution in [2.24, 2.45) is 0 Å². The average molecular weight is 303 g/mol. The van der Waals surface area contributed by atoms with Crippen molar-refractivity contribution >= 4 is 16.3 Å². The molecular formula is C16H18FN3S. The van der Waals surface area contributed by atoms with Crippen LogP contribution in [0.25, 0.3) is 4.96 Å². The van der Waals surface area contributed by atoms with E-state index in [1.165, 1.54) is 22.7 Å². The Morgan fingerprint density at radius 2 is 2.00 bits per heavy atom. The van der Waals surface area contributed by atoms with Gasteiger partial charge in [-0.2, -0.15) is 0 Å². The Labute approximate surface area is 127 Å². The predicted octanol–water partition coefficient (Wildman–Crippen LogP) is 4.00. The first-order chi connectivity index (χ1) is 10.0. The van der Waals surface area contributed by atoms with Gasteiger partial charge in [0.2, 0.25) is 0 Å². The zero-order valence-corrected chi connectivity index (χ0v) is 13.2. The van der Waals surface area contributed by atoms with Gasteiger partial charge in [-0.05, 0) is 38.5 Å². The third-order valence-corrected chi connectivity index (χ3v) is 4.58. The highest BCUT2D eigenvalue weighted by Gasteiger charge is 2.12. The largest absolute Gasteiger partial charge is 0.305 e. The Morgan fingerprint density at radius 1 is 1.29 bits per heavy atom. The molecule has 0 spiro atoms. The molecule has 0 bridgehead atoms. The number of hydrogen-bond donors (Lipinski definition) is 1. The Balaban J connectivity index is 1.76. The van der Waals surface area contributed by atoms with Gasteiger partial charge >= 0.3 is 0 Å². The van der Waals surface area contributed by atoms with E-state index in [2.05, 4.69) is 34.7 Å². The van der Waals surface area contributed by atoms with Gasteiger partial charge in [0, 0.05) is 23.7 Å². The van der Waals surface area contributed by atoms with Crippen LogP contribution in [0.15, 0.2) is 30.5 Å². The van der Waals surface area contributed by atoms with Crippen molar-refractivity contribution in [1.82, 2.24) is 14.7 Å². The van der Waals surface area contributed by atoms with Crippen LogP contribution in [0.5, 0.6) is 0 Å². The number of nitrogens with zero attached hydrogens (tertiary/aromatic N) is 2. The van der Waals surface area contributed by atoms with Crippen LogP contribution in [-0.4, -0.2) is 9.38 Å². The number of hydrogen-bond acceptors (Lipinski definition) is 3. The van der Waals surface area contributed by atoms with Crippen LogP contribution in [0.4, 0.5) is 4.39 Å². The molecular weight excluding hydrogens is 285 g/mol. The summed E-state index contributed by atoms with van der Waals surface area (Å²) in [6, 6.07) is 6.80. The van der Waals surface area contributed by atoms with Gasteiger partial charge in [-0.15, -0.1) is 11.3 Å². The van der Waals surface area contributed by atoms with E-state index in [1.807, 2.05) is 19.1 Å². The van der Waals surface area contributed by atoms with Crippen molar-refractivity contribution in [3.05, 3.63) is 58.1 Å². The number of thiazole rings is 1. The lowest BCUT2D eigenvalue weighted by molar-refractivity contribution is 0.561. The molecule has 0 saturated heterocycles. The number of halogens is 1. The number of imidazole rings is 1. The lowest BCUT2D eigenvalue weighted by Gasteiger charge is -2.14. The standard InChI is InChI=1S/C16H18FN3S/c1-10-9-20-15(12(3)19-16(20)21-10)8-18-11(2)13-4-6-14(17)7-5-13/h4-7,9,11,18H,8H2,1-3H3/t11-/m1/s1. The quantitative estimate of drug-likeness (QED) is 0.789. The molecule has 0 amide bonds. The maximum Gasteiger partial charge on any atom is 0.194 e. The van der Waals surface area contributed by atoms with Crippen LogP contribution in [0.2, 0.25) is 0 Å². The summed E-state index contributed by atoms with van der Waals surface area (Å²) in [5.74, 6) is -0.201. The van der Waals surface area contributed by atoms with Gasteiger partial charge in [0.05, 0.1) is 11.4 Å². The van der Waals surface area contributed by atoms with Crippen LogP contribution in [0.3, 0.4) is 0 Å². The van der Waals surface area contributed by atoms with Crippen LogP contribution in [-0.2, 0) is 6.54 Å². The maximum absolute atomic E-state index is 13.0. The summed E-state index contributed by atoms with van der Waals surface area (Å²) in [6.07, 6.45) is 2.12. The third-order valence-electron chi connectivity index (χ3n) is 3.69. The third kappa shape index (κ3) is 2.84.